The third kappa shape index (κ3) is 5.32. The molecule has 1 amide bonds. The minimum Gasteiger partial charge on any atom is -0.375 e. The van der Waals surface area contributed by atoms with Crippen LogP contribution < -0.4 is 11.1 Å². The Morgan fingerprint density at radius 3 is 2.39 bits per heavy atom. The SMILES string of the molecule is Nc1nc(CCCNC(=O)C2(c3ccccc3)CCN(Cc3ccccc3)CC2)cs1. The molecule has 3 N–H and O–H groups in total. The van der Waals surface area contributed by atoms with Crippen LogP contribution >= 0.6 is 11.3 Å². The molecule has 6 heteroatoms. The van der Waals surface area contributed by atoms with Gasteiger partial charge in [-0.05, 0) is 49.9 Å². The number of nitrogens with one attached hydrogen (secondary N) is 1. The summed E-state index contributed by atoms with van der Waals surface area (Å²) in [5, 5.41) is 5.81. The molecule has 162 valence electrons. The van der Waals surface area contributed by atoms with Gasteiger partial charge in [0.2, 0.25) is 5.91 Å². The summed E-state index contributed by atoms with van der Waals surface area (Å²) in [7, 11) is 0. The van der Waals surface area contributed by atoms with Gasteiger partial charge in [0.05, 0.1) is 11.1 Å². The highest BCUT2D eigenvalue weighted by atomic mass is 32.1. The number of amides is 1. The molecule has 1 fully saturated rings. The summed E-state index contributed by atoms with van der Waals surface area (Å²) in [5.41, 5.74) is 8.69. The molecule has 1 aliphatic heterocycles. The van der Waals surface area contributed by atoms with E-state index in [-0.39, 0.29) is 5.91 Å². The van der Waals surface area contributed by atoms with Crippen molar-refractivity contribution >= 4 is 22.4 Å². The van der Waals surface area contributed by atoms with Crippen LogP contribution in [0.2, 0.25) is 0 Å². The molecule has 2 aromatic carbocycles. The topological polar surface area (TPSA) is 71.2 Å². The largest absolute Gasteiger partial charge is 0.375 e. The normalized spacial score (nSPS) is 16.1. The number of aromatic nitrogens is 1. The number of likely N-dealkylation sites (tertiary alicyclic amines) is 1. The van der Waals surface area contributed by atoms with E-state index in [9.17, 15) is 4.79 Å². The molecule has 1 aliphatic rings. The number of thiazole rings is 1. The molecule has 3 aromatic rings. The van der Waals surface area contributed by atoms with Crippen molar-refractivity contribution in [2.45, 2.75) is 37.6 Å². The predicted octanol–water partition coefficient (Wildman–Crippen LogP) is 4.01. The molecule has 1 saturated heterocycles. The minimum absolute atomic E-state index is 0.149. The first kappa shape index (κ1) is 21.5. The van der Waals surface area contributed by atoms with Crippen molar-refractivity contribution in [2.75, 3.05) is 25.4 Å². The number of benzene rings is 2. The van der Waals surface area contributed by atoms with Gasteiger partial charge in [-0.3, -0.25) is 9.69 Å². The van der Waals surface area contributed by atoms with Crippen molar-refractivity contribution in [3.8, 4) is 0 Å². The van der Waals surface area contributed by atoms with Gasteiger partial charge >= 0.3 is 0 Å². The van der Waals surface area contributed by atoms with E-state index in [0.29, 0.717) is 11.7 Å². The van der Waals surface area contributed by atoms with Gasteiger partial charge in [-0.15, -0.1) is 11.3 Å². The summed E-state index contributed by atoms with van der Waals surface area (Å²) in [6.07, 6.45) is 3.35. The first-order chi connectivity index (χ1) is 15.2. The van der Waals surface area contributed by atoms with Gasteiger partial charge in [-0.2, -0.15) is 0 Å². The van der Waals surface area contributed by atoms with Crippen LogP contribution in [0.25, 0.3) is 0 Å². The van der Waals surface area contributed by atoms with Gasteiger partial charge in [-0.25, -0.2) is 4.98 Å². The van der Waals surface area contributed by atoms with Crippen LogP contribution in [0.4, 0.5) is 5.13 Å². The number of nitrogen functional groups attached to an aromatic ring is 1. The number of hydrogen-bond donors (Lipinski definition) is 2. The fourth-order valence-electron chi connectivity index (χ4n) is 4.42. The Morgan fingerprint density at radius 2 is 1.74 bits per heavy atom. The second-order valence-corrected chi connectivity index (χ2v) is 9.14. The van der Waals surface area contributed by atoms with Crippen LogP contribution in [-0.4, -0.2) is 35.4 Å². The Balaban J connectivity index is 1.38. The molecule has 0 spiro atoms. The number of carbonyl (C=O) groups excluding carboxylic acids is 1. The summed E-state index contributed by atoms with van der Waals surface area (Å²) >= 11 is 1.46. The van der Waals surface area contributed by atoms with Gasteiger partial charge in [0.1, 0.15) is 0 Å². The lowest BCUT2D eigenvalue weighted by Gasteiger charge is -2.41. The first-order valence-electron chi connectivity index (χ1n) is 11.0. The molecule has 0 aliphatic carbocycles. The highest BCUT2D eigenvalue weighted by Gasteiger charge is 2.42. The van der Waals surface area contributed by atoms with Crippen LogP contribution in [0, 0.1) is 0 Å². The van der Waals surface area contributed by atoms with Crippen LogP contribution in [0.3, 0.4) is 0 Å². The maximum Gasteiger partial charge on any atom is 0.230 e. The van der Waals surface area contributed by atoms with Gasteiger partial charge < -0.3 is 11.1 Å². The fraction of sp³-hybridized carbons (Fsp3) is 0.360. The van der Waals surface area contributed by atoms with Crippen molar-refractivity contribution in [3.63, 3.8) is 0 Å². The van der Waals surface area contributed by atoms with E-state index in [1.54, 1.807) is 0 Å². The maximum absolute atomic E-state index is 13.4. The predicted molar refractivity (Wildman–Crippen MR) is 127 cm³/mol. The molecule has 5 nitrogen and oxygen atoms in total. The zero-order valence-corrected chi connectivity index (χ0v) is 18.6. The average molecular weight is 435 g/mol. The quantitative estimate of drug-likeness (QED) is 0.526. The second-order valence-electron chi connectivity index (χ2n) is 8.25. The number of piperidine rings is 1. The summed E-state index contributed by atoms with van der Waals surface area (Å²) in [5.74, 6) is 0.149. The summed E-state index contributed by atoms with van der Waals surface area (Å²) in [6, 6.07) is 20.8. The van der Waals surface area contributed by atoms with Crippen LogP contribution in [0.1, 0.15) is 36.1 Å². The van der Waals surface area contributed by atoms with Crippen molar-refractivity contribution < 1.29 is 4.79 Å². The zero-order valence-electron chi connectivity index (χ0n) is 17.8. The van der Waals surface area contributed by atoms with Crippen LogP contribution in [0.5, 0.6) is 0 Å². The number of nitrogens with zero attached hydrogens (tertiary/aromatic N) is 2. The highest BCUT2D eigenvalue weighted by Crippen LogP contribution is 2.36. The van der Waals surface area contributed by atoms with E-state index in [2.05, 4.69) is 51.6 Å². The number of nitrogens with two attached hydrogens (primary N) is 1. The third-order valence-corrected chi connectivity index (χ3v) is 6.91. The molecule has 0 unspecified atom stereocenters. The Labute approximate surface area is 188 Å². The van der Waals surface area contributed by atoms with Crippen molar-refractivity contribution in [2.24, 2.45) is 0 Å². The molecule has 0 bridgehead atoms. The zero-order chi connectivity index (χ0) is 21.5. The second kappa shape index (κ2) is 10.1. The summed E-state index contributed by atoms with van der Waals surface area (Å²) < 4.78 is 0. The highest BCUT2D eigenvalue weighted by molar-refractivity contribution is 7.13. The van der Waals surface area contributed by atoms with E-state index in [4.69, 9.17) is 5.73 Å². The Kier molecular flexibility index (Phi) is 6.99. The number of rotatable bonds is 8. The molecule has 0 radical (unpaired) electrons. The van der Waals surface area contributed by atoms with E-state index in [0.717, 1.165) is 56.6 Å². The van der Waals surface area contributed by atoms with E-state index in [1.165, 1.54) is 16.9 Å². The van der Waals surface area contributed by atoms with Crippen molar-refractivity contribution in [1.29, 1.82) is 0 Å². The van der Waals surface area contributed by atoms with Crippen LogP contribution in [-0.2, 0) is 23.2 Å². The fourth-order valence-corrected chi connectivity index (χ4v) is 5.01. The summed E-state index contributed by atoms with van der Waals surface area (Å²) in [6.45, 7) is 3.41. The smallest absolute Gasteiger partial charge is 0.230 e. The first-order valence-corrected chi connectivity index (χ1v) is 11.8. The standard InChI is InChI=1S/C25H30N4OS/c26-24-28-22(19-31-24)12-7-15-27-23(30)25(21-10-5-2-6-11-21)13-16-29(17-14-25)18-20-8-3-1-4-9-20/h1-6,8-11,19H,7,12-18H2,(H2,26,28)(H,27,30). The Bertz CT molecular complexity index is 965. The monoisotopic (exact) mass is 434 g/mol. The molecule has 2 heterocycles. The van der Waals surface area contributed by atoms with Crippen molar-refractivity contribution in [1.82, 2.24) is 15.2 Å². The maximum atomic E-state index is 13.4. The Hall–Kier alpha value is -2.70. The number of anilines is 1. The third-order valence-electron chi connectivity index (χ3n) is 6.18. The van der Waals surface area contributed by atoms with Crippen LogP contribution in [0.15, 0.2) is 66.0 Å². The van der Waals surface area contributed by atoms with Gasteiger partial charge in [-0.1, -0.05) is 60.7 Å². The lowest BCUT2D eigenvalue weighted by atomic mass is 9.72. The van der Waals surface area contributed by atoms with E-state index >= 15 is 0 Å². The lowest BCUT2D eigenvalue weighted by molar-refractivity contribution is -0.128. The number of carbonyl (C=O) groups is 1. The molecule has 0 atom stereocenters. The van der Waals surface area contributed by atoms with Gasteiger partial charge in [0, 0.05) is 18.5 Å². The number of aryl methyl sites for hydroxylation is 1. The Morgan fingerprint density at radius 1 is 1.06 bits per heavy atom. The van der Waals surface area contributed by atoms with Crippen molar-refractivity contribution in [3.05, 3.63) is 82.9 Å². The minimum atomic E-state index is -0.459. The van der Waals surface area contributed by atoms with Gasteiger partial charge in [0.25, 0.3) is 0 Å². The van der Waals surface area contributed by atoms with E-state index in [1.807, 2.05) is 29.6 Å². The summed E-state index contributed by atoms with van der Waals surface area (Å²) in [4.78, 5) is 20.2. The molecule has 31 heavy (non-hydrogen) atoms. The molecule has 1 aromatic heterocycles. The molecule has 0 saturated carbocycles. The molecular formula is C25H30N4OS. The van der Waals surface area contributed by atoms with Gasteiger partial charge in [0.15, 0.2) is 5.13 Å². The average Bonchev–Trinajstić information content (AvgIpc) is 3.23. The number of hydrogen-bond acceptors (Lipinski definition) is 5. The molecular weight excluding hydrogens is 404 g/mol. The van der Waals surface area contributed by atoms with E-state index < -0.39 is 5.41 Å². The lowest BCUT2D eigenvalue weighted by Crippen LogP contribution is -2.51. The molecule has 4 rings (SSSR count).